The number of rotatable bonds is 10. The second-order valence-electron chi connectivity index (χ2n) is 6.32. The maximum atomic E-state index is 3.47. The molecule has 0 bridgehead atoms. The molecule has 0 radical (unpaired) electrons. The van der Waals surface area contributed by atoms with Crippen LogP contribution in [0.3, 0.4) is 0 Å². The lowest BCUT2D eigenvalue weighted by Gasteiger charge is -2.31. The first-order valence-electron chi connectivity index (χ1n) is 8.30. The zero-order chi connectivity index (χ0) is 13.9. The lowest BCUT2D eigenvalue weighted by molar-refractivity contribution is 0.175. The van der Waals surface area contributed by atoms with Gasteiger partial charge in [-0.1, -0.05) is 13.3 Å². The fourth-order valence-electron chi connectivity index (χ4n) is 2.89. The maximum Gasteiger partial charge on any atom is 0.000756 e. The molecule has 0 amide bonds. The molecular formula is C16H35N3. The molecule has 19 heavy (non-hydrogen) atoms. The molecule has 0 atom stereocenters. The van der Waals surface area contributed by atoms with Crippen LogP contribution in [-0.4, -0.2) is 63.2 Å². The highest BCUT2D eigenvalue weighted by atomic mass is 15.1. The van der Waals surface area contributed by atoms with Gasteiger partial charge in [0.15, 0.2) is 0 Å². The fourth-order valence-corrected chi connectivity index (χ4v) is 2.89. The number of hydrogen-bond acceptors (Lipinski definition) is 3. The van der Waals surface area contributed by atoms with Crippen LogP contribution in [0.25, 0.3) is 0 Å². The lowest BCUT2D eigenvalue weighted by atomic mass is 9.96. The highest BCUT2D eigenvalue weighted by molar-refractivity contribution is 4.72. The molecule has 0 aromatic heterocycles. The summed E-state index contributed by atoms with van der Waals surface area (Å²) in [5.41, 5.74) is 0. The second kappa shape index (κ2) is 10.6. The average molecular weight is 269 g/mol. The summed E-state index contributed by atoms with van der Waals surface area (Å²) in [7, 11) is 4.54. The highest BCUT2D eigenvalue weighted by Gasteiger charge is 2.17. The van der Waals surface area contributed by atoms with Crippen LogP contribution in [0, 0.1) is 5.92 Å². The molecule has 0 saturated carbocycles. The van der Waals surface area contributed by atoms with Crippen molar-refractivity contribution in [2.45, 2.75) is 45.4 Å². The third-order valence-electron chi connectivity index (χ3n) is 4.23. The van der Waals surface area contributed by atoms with Crippen molar-refractivity contribution < 1.29 is 0 Å². The second-order valence-corrected chi connectivity index (χ2v) is 6.32. The van der Waals surface area contributed by atoms with Crippen molar-refractivity contribution in [1.82, 2.24) is 15.1 Å². The first kappa shape index (κ1) is 16.9. The van der Waals surface area contributed by atoms with Crippen molar-refractivity contribution in [3.05, 3.63) is 0 Å². The van der Waals surface area contributed by atoms with E-state index < -0.39 is 0 Å². The van der Waals surface area contributed by atoms with E-state index in [1.54, 1.807) is 0 Å². The fraction of sp³-hybridized carbons (Fsp3) is 1.00. The number of nitrogens with zero attached hydrogens (tertiary/aromatic N) is 2. The van der Waals surface area contributed by atoms with Gasteiger partial charge in [0.1, 0.15) is 0 Å². The molecule has 0 aromatic rings. The molecule has 0 aliphatic carbocycles. The Morgan fingerprint density at radius 3 is 2.53 bits per heavy atom. The van der Waals surface area contributed by atoms with Crippen molar-refractivity contribution in [2.75, 3.05) is 53.4 Å². The minimum absolute atomic E-state index is 0.937. The minimum Gasteiger partial charge on any atom is -0.317 e. The van der Waals surface area contributed by atoms with E-state index in [1.807, 2.05) is 0 Å². The SMILES string of the molecule is CCCNCCCCCN(C)CC1CCN(C)CC1. The van der Waals surface area contributed by atoms with E-state index in [2.05, 4.69) is 36.1 Å². The van der Waals surface area contributed by atoms with Gasteiger partial charge in [0.25, 0.3) is 0 Å². The van der Waals surface area contributed by atoms with Crippen LogP contribution in [0.15, 0.2) is 0 Å². The Morgan fingerprint density at radius 2 is 1.84 bits per heavy atom. The van der Waals surface area contributed by atoms with Crippen molar-refractivity contribution in [1.29, 1.82) is 0 Å². The van der Waals surface area contributed by atoms with Crippen molar-refractivity contribution in [2.24, 2.45) is 5.92 Å². The van der Waals surface area contributed by atoms with Crippen LogP contribution in [0.1, 0.15) is 45.4 Å². The van der Waals surface area contributed by atoms with E-state index in [1.165, 1.54) is 77.8 Å². The van der Waals surface area contributed by atoms with Crippen LogP contribution in [0.5, 0.6) is 0 Å². The molecular weight excluding hydrogens is 234 g/mol. The average Bonchev–Trinajstić information content (AvgIpc) is 2.40. The number of likely N-dealkylation sites (tertiary alicyclic amines) is 1. The van der Waals surface area contributed by atoms with Gasteiger partial charge in [-0.2, -0.15) is 0 Å². The molecule has 114 valence electrons. The Morgan fingerprint density at radius 1 is 1.11 bits per heavy atom. The topological polar surface area (TPSA) is 18.5 Å². The quantitative estimate of drug-likeness (QED) is 0.615. The number of nitrogens with one attached hydrogen (secondary N) is 1. The number of hydrogen-bond donors (Lipinski definition) is 1. The van der Waals surface area contributed by atoms with Gasteiger partial charge in [0.2, 0.25) is 0 Å². The first-order chi connectivity index (χ1) is 9.22. The molecule has 1 aliphatic rings. The number of unbranched alkanes of at least 4 members (excludes halogenated alkanes) is 2. The van der Waals surface area contributed by atoms with E-state index in [-0.39, 0.29) is 0 Å². The Kier molecular flexibility index (Phi) is 9.48. The van der Waals surface area contributed by atoms with Crippen LogP contribution < -0.4 is 5.32 Å². The molecule has 1 fully saturated rings. The van der Waals surface area contributed by atoms with Gasteiger partial charge in [0, 0.05) is 6.54 Å². The zero-order valence-corrected chi connectivity index (χ0v) is 13.5. The van der Waals surface area contributed by atoms with E-state index in [0.717, 1.165) is 5.92 Å². The third-order valence-corrected chi connectivity index (χ3v) is 4.23. The lowest BCUT2D eigenvalue weighted by Crippen LogP contribution is -2.36. The van der Waals surface area contributed by atoms with Crippen LogP contribution in [0.2, 0.25) is 0 Å². The molecule has 1 N–H and O–H groups in total. The zero-order valence-electron chi connectivity index (χ0n) is 13.5. The van der Waals surface area contributed by atoms with Gasteiger partial charge in [0.05, 0.1) is 0 Å². The first-order valence-corrected chi connectivity index (χ1v) is 8.30. The third kappa shape index (κ3) is 8.61. The Balaban J connectivity index is 1.91. The summed E-state index contributed by atoms with van der Waals surface area (Å²) in [4.78, 5) is 5.01. The van der Waals surface area contributed by atoms with Gasteiger partial charge >= 0.3 is 0 Å². The Hall–Kier alpha value is -0.120. The molecule has 0 unspecified atom stereocenters. The largest absolute Gasteiger partial charge is 0.317 e. The van der Waals surface area contributed by atoms with Gasteiger partial charge in [-0.05, 0) is 84.8 Å². The minimum atomic E-state index is 0.937. The van der Waals surface area contributed by atoms with Gasteiger partial charge in [-0.25, -0.2) is 0 Å². The van der Waals surface area contributed by atoms with E-state index in [9.17, 15) is 0 Å². The van der Waals surface area contributed by atoms with E-state index in [0.29, 0.717) is 0 Å². The summed E-state index contributed by atoms with van der Waals surface area (Å²) in [5, 5.41) is 3.47. The van der Waals surface area contributed by atoms with Gasteiger partial charge in [-0.3, -0.25) is 0 Å². The summed E-state index contributed by atoms with van der Waals surface area (Å²) in [6, 6.07) is 0. The Labute approximate surface area is 120 Å². The molecule has 0 aromatic carbocycles. The molecule has 1 heterocycles. The molecule has 3 nitrogen and oxygen atoms in total. The predicted molar refractivity (Wildman–Crippen MR) is 84.7 cm³/mol. The van der Waals surface area contributed by atoms with Gasteiger partial charge < -0.3 is 15.1 Å². The van der Waals surface area contributed by atoms with Crippen LogP contribution in [-0.2, 0) is 0 Å². The molecule has 3 heteroatoms. The monoisotopic (exact) mass is 269 g/mol. The Bertz CT molecular complexity index is 200. The van der Waals surface area contributed by atoms with Crippen molar-refractivity contribution >= 4 is 0 Å². The van der Waals surface area contributed by atoms with Crippen LogP contribution >= 0.6 is 0 Å². The van der Waals surface area contributed by atoms with Crippen molar-refractivity contribution in [3.63, 3.8) is 0 Å². The van der Waals surface area contributed by atoms with Crippen molar-refractivity contribution in [3.8, 4) is 0 Å². The van der Waals surface area contributed by atoms with E-state index in [4.69, 9.17) is 0 Å². The highest BCUT2D eigenvalue weighted by Crippen LogP contribution is 2.16. The molecule has 1 saturated heterocycles. The van der Waals surface area contributed by atoms with Gasteiger partial charge in [-0.15, -0.1) is 0 Å². The molecule has 0 spiro atoms. The summed E-state index contributed by atoms with van der Waals surface area (Å²) >= 11 is 0. The summed E-state index contributed by atoms with van der Waals surface area (Å²) in [6.45, 7) is 9.78. The normalized spacial score (nSPS) is 18.3. The van der Waals surface area contributed by atoms with Crippen LogP contribution in [0.4, 0.5) is 0 Å². The summed E-state index contributed by atoms with van der Waals surface area (Å²) in [6.07, 6.45) is 8.09. The maximum absolute atomic E-state index is 3.47. The summed E-state index contributed by atoms with van der Waals surface area (Å²) in [5.74, 6) is 0.937. The standard InChI is InChI=1S/C16H35N3/c1-4-10-17-11-6-5-7-12-19(3)15-16-8-13-18(2)14-9-16/h16-17H,4-15H2,1-3H3. The summed E-state index contributed by atoms with van der Waals surface area (Å²) < 4.78 is 0. The number of piperidine rings is 1. The smallest absolute Gasteiger partial charge is 0.000756 e. The molecule has 1 rings (SSSR count). The predicted octanol–water partition coefficient (Wildman–Crippen LogP) is 2.43. The molecule has 1 aliphatic heterocycles. The van der Waals surface area contributed by atoms with E-state index >= 15 is 0 Å².